The summed E-state index contributed by atoms with van der Waals surface area (Å²) in [6, 6.07) is 21.9. The van der Waals surface area contributed by atoms with Crippen molar-refractivity contribution in [3.05, 3.63) is 95.3 Å². The minimum absolute atomic E-state index is 0.0684. The van der Waals surface area contributed by atoms with Gasteiger partial charge in [0.25, 0.3) is 0 Å². The molecule has 1 aliphatic carbocycles. The molecular weight excluding hydrogens is 358 g/mol. The van der Waals surface area contributed by atoms with Gasteiger partial charge in [-0.05, 0) is 49.4 Å². The van der Waals surface area contributed by atoms with Crippen LogP contribution in [0.2, 0.25) is 0 Å². The van der Waals surface area contributed by atoms with E-state index in [2.05, 4.69) is 46.8 Å². The number of carbonyl (C=O) groups excluding carboxylic acids is 1. The van der Waals surface area contributed by atoms with Crippen molar-refractivity contribution in [2.45, 2.75) is 38.1 Å². The molecule has 1 aliphatic rings. The molecule has 2 aromatic carbocycles. The summed E-state index contributed by atoms with van der Waals surface area (Å²) in [5.74, 6) is 0.543. The van der Waals surface area contributed by atoms with Crippen LogP contribution in [0, 0.1) is 6.92 Å². The molecule has 29 heavy (non-hydrogen) atoms. The van der Waals surface area contributed by atoms with Crippen LogP contribution in [0.15, 0.2) is 72.9 Å². The summed E-state index contributed by atoms with van der Waals surface area (Å²) >= 11 is 0. The first-order chi connectivity index (χ1) is 14.2. The molecule has 1 saturated carbocycles. The van der Waals surface area contributed by atoms with E-state index in [4.69, 9.17) is 0 Å². The van der Waals surface area contributed by atoms with Crippen molar-refractivity contribution in [2.75, 3.05) is 11.9 Å². The van der Waals surface area contributed by atoms with Crippen LogP contribution >= 0.6 is 0 Å². The summed E-state index contributed by atoms with van der Waals surface area (Å²) in [4.78, 5) is 17.5. The zero-order valence-corrected chi connectivity index (χ0v) is 16.8. The highest BCUT2D eigenvalue weighted by Crippen LogP contribution is 2.38. The predicted octanol–water partition coefficient (Wildman–Crippen LogP) is 4.78. The Morgan fingerprint density at radius 2 is 1.79 bits per heavy atom. The van der Waals surface area contributed by atoms with E-state index in [1.807, 2.05) is 42.5 Å². The van der Waals surface area contributed by atoms with Crippen LogP contribution in [0.4, 0.5) is 5.69 Å². The fourth-order valence-electron chi connectivity index (χ4n) is 3.44. The van der Waals surface area contributed by atoms with Crippen molar-refractivity contribution in [1.29, 1.82) is 0 Å². The minimum atomic E-state index is -0.412. The molecule has 1 atom stereocenters. The van der Waals surface area contributed by atoms with Gasteiger partial charge in [-0.3, -0.25) is 9.78 Å². The van der Waals surface area contributed by atoms with E-state index in [1.54, 1.807) is 6.20 Å². The van der Waals surface area contributed by atoms with Crippen molar-refractivity contribution in [1.82, 2.24) is 10.3 Å². The van der Waals surface area contributed by atoms with Gasteiger partial charge in [-0.15, -0.1) is 0 Å². The van der Waals surface area contributed by atoms with Crippen LogP contribution in [-0.2, 0) is 11.2 Å². The zero-order valence-electron chi connectivity index (χ0n) is 16.8. The summed E-state index contributed by atoms with van der Waals surface area (Å²) < 4.78 is 0. The van der Waals surface area contributed by atoms with Gasteiger partial charge in [0.1, 0.15) is 6.04 Å². The van der Waals surface area contributed by atoms with Crippen LogP contribution < -0.4 is 10.6 Å². The van der Waals surface area contributed by atoms with Gasteiger partial charge in [0.15, 0.2) is 0 Å². The molecule has 1 fully saturated rings. The minimum Gasteiger partial charge on any atom is -0.323 e. The van der Waals surface area contributed by atoms with E-state index in [9.17, 15) is 4.79 Å². The molecule has 3 aromatic rings. The van der Waals surface area contributed by atoms with Gasteiger partial charge >= 0.3 is 0 Å². The second-order valence-corrected chi connectivity index (χ2v) is 7.77. The Kier molecular flexibility index (Phi) is 6.01. The zero-order chi connectivity index (χ0) is 20.1. The third-order valence-electron chi connectivity index (χ3n) is 5.33. The highest BCUT2D eigenvalue weighted by molar-refractivity contribution is 5.95. The average molecular weight is 386 g/mol. The van der Waals surface area contributed by atoms with Crippen molar-refractivity contribution in [2.24, 2.45) is 0 Å². The van der Waals surface area contributed by atoms with E-state index >= 15 is 0 Å². The highest BCUT2D eigenvalue weighted by Gasteiger charge is 2.25. The Morgan fingerprint density at radius 3 is 2.45 bits per heavy atom. The number of rotatable bonds is 8. The topological polar surface area (TPSA) is 54.0 Å². The van der Waals surface area contributed by atoms with Gasteiger partial charge in [-0.1, -0.05) is 60.2 Å². The second-order valence-electron chi connectivity index (χ2n) is 7.77. The van der Waals surface area contributed by atoms with Crippen LogP contribution in [0.1, 0.15) is 47.2 Å². The summed E-state index contributed by atoms with van der Waals surface area (Å²) in [6.07, 6.45) is 5.08. The monoisotopic (exact) mass is 385 g/mol. The maximum atomic E-state index is 13.0. The summed E-state index contributed by atoms with van der Waals surface area (Å²) in [7, 11) is 0. The van der Waals surface area contributed by atoms with Gasteiger partial charge in [0, 0.05) is 18.2 Å². The highest BCUT2D eigenvalue weighted by atomic mass is 16.2. The van der Waals surface area contributed by atoms with Gasteiger partial charge in [0.05, 0.1) is 11.9 Å². The van der Waals surface area contributed by atoms with E-state index in [-0.39, 0.29) is 5.91 Å². The summed E-state index contributed by atoms with van der Waals surface area (Å²) in [5, 5.41) is 6.45. The number of hydrogen-bond donors (Lipinski definition) is 2. The molecule has 0 bridgehead atoms. The van der Waals surface area contributed by atoms with Crippen LogP contribution in [-0.4, -0.2) is 17.4 Å². The molecule has 0 radical (unpaired) electrons. The number of pyridine rings is 1. The van der Waals surface area contributed by atoms with E-state index < -0.39 is 6.04 Å². The molecule has 148 valence electrons. The third-order valence-corrected chi connectivity index (χ3v) is 5.33. The molecule has 4 rings (SSSR count). The molecule has 0 unspecified atom stereocenters. The summed E-state index contributed by atoms with van der Waals surface area (Å²) in [5.41, 5.74) is 5.33. The summed E-state index contributed by atoms with van der Waals surface area (Å²) in [6.45, 7) is 2.80. The fraction of sp³-hybridized carbons (Fsp3) is 0.280. The molecule has 0 spiro atoms. The van der Waals surface area contributed by atoms with Crippen LogP contribution in [0.5, 0.6) is 0 Å². The Bertz CT molecular complexity index is 932. The Morgan fingerprint density at radius 1 is 1.03 bits per heavy atom. The Balaban J connectivity index is 1.41. The number of aromatic nitrogens is 1. The van der Waals surface area contributed by atoms with E-state index in [1.165, 1.54) is 24.0 Å². The Labute approximate surface area is 172 Å². The normalized spacial score (nSPS) is 14.4. The van der Waals surface area contributed by atoms with Gasteiger partial charge in [0.2, 0.25) is 5.91 Å². The lowest BCUT2D eigenvalue weighted by Crippen LogP contribution is -2.34. The number of hydrogen-bond acceptors (Lipinski definition) is 3. The first-order valence-electron chi connectivity index (χ1n) is 10.3. The molecule has 4 heteroatoms. The number of carbonyl (C=O) groups is 1. The molecule has 1 aromatic heterocycles. The lowest BCUT2D eigenvalue weighted by atomic mass is 10.0. The number of nitrogens with zero attached hydrogens (tertiary/aromatic N) is 1. The number of anilines is 1. The van der Waals surface area contributed by atoms with Crippen molar-refractivity contribution < 1.29 is 4.79 Å². The molecule has 2 N–H and O–H groups in total. The number of benzene rings is 2. The molecule has 0 aliphatic heterocycles. The van der Waals surface area contributed by atoms with Crippen molar-refractivity contribution in [3.8, 4) is 0 Å². The van der Waals surface area contributed by atoms with Gasteiger partial charge in [-0.2, -0.15) is 0 Å². The maximum Gasteiger partial charge on any atom is 0.246 e. The number of nitrogens with one attached hydrogen (secondary N) is 2. The smallest absolute Gasteiger partial charge is 0.246 e. The fourth-order valence-corrected chi connectivity index (χ4v) is 3.44. The molecule has 0 saturated heterocycles. The SMILES string of the molecule is Cc1ccc(CCN[C@@H](C(=O)Nc2ccc(C3CC3)nc2)c2ccccc2)cc1. The molecule has 1 amide bonds. The molecule has 4 nitrogen and oxygen atoms in total. The first kappa shape index (κ1) is 19.3. The lowest BCUT2D eigenvalue weighted by molar-refractivity contribution is -0.118. The molecule has 1 heterocycles. The van der Waals surface area contributed by atoms with E-state index in [0.29, 0.717) is 5.92 Å². The third kappa shape index (κ3) is 5.30. The number of amides is 1. The number of aryl methyl sites for hydroxylation is 1. The molecular formula is C25H27N3O. The van der Waals surface area contributed by atoms with Gasteiger partial charge < -0.3 is 10.6 Å². The van der Waals surface area contributed by atoms with E-state index in [0.717, 1.165) is 29.9 Å². The standard InChI is InChI=1S/C25H27N3O/c1-18-7-9-19(10-8-18)15-16-26-24(21-5-3-2-4-6-21)25(29)28-22-13-14-23(27-17-22)20-11-12-20/h2-10,13-14,17,20,24,26H,11-12,15-16H2,1H3,(H,28,29)/t24-/m1/s1. The average Bonchev–Trinajstić information content (AvgIpc) is 3.59. The van der Waals surface area contributed by atoms with Crippen LogP contribution in [0.3, 0.4) is 0 Å². The van der Waals surface area contributed by atoms with Crippen molar-refractivity contribution in [3.63, 3.8) is 0 Å². The second kappa shape index (κ2) is 9.01. The maximum absolute atomic E-state index is 13.0. The van der Waals surface area contributed by atoms with Crippen LogP contribution in [0.25, 0.3) is 0 Å². The first-order valence-corrected chi connectivity index (χ1v) is 10.3. The Hall–Kier alpha value is -2.98. The quantitative estimate of drug-likeness (QED) is 0.587. The largest absolute Gasteiger partial charge is 0.323 e. The van der Waals surface area contributed by atoms with Crippen molar-refractivity contribution >= 4 is 11.6 Å². The predicted molar refractivity (Wildman–Crippen MR) is 117 cm³/mol. The lowest BCUT2D eigenvalue weighted by Gasteiger charge is -2.19. The van der Waals surface area contributed by atoms with Gasteiger partial charge in [-0.25, -0.2) is 0 Å².